The lowest BCUT2D eigenvalue weighted by Crippen LogP contribution is -2.21. The van der Waals surface area contributed by atoms with Gasteiger partial charge in [-0.3, -0.25) is 9.36 Å². The van der Waals surface area contributed by atoms with Crippen LogP contribution in [-0.2, 0) is 4.79 Å². The maximum Gasteiger partial charge on any atom is 0.173 e. The van der Waals surface area contributed by atoms with Gasteiger partial charge in [0.2, 0.25) is 0 Å². The normalized spacial score (nSPS) is 19.0. The molecule has 1 aromatic carbocycles. The molecule has 1 heterocycles. The molecule has 1 aromatic heterocycles. The van der Waals surface area contributed by atoms with Gasteiger partial charge in [-0.15, -0.1) is 0 Å². The van der Waals surface area contributed by atoms with Crippen molar-refractivity contribution in [3.05, 3.63) is 41.7 Å². The second-order valence-corrected chi connectivity index (χ2v) is 6.86. The Kier molecular flexibility index (Phi) is 4.15. The van der Waals surface area contributed by atoms with Crippen LogP contribution in [0.5, 0.6) is 0 Å². The van der Waals surface area contributed by atoms with Gasteiger partial charge in [0.25, 0.3) is 0 Å². The Morgan fingerprint density at radius 2 is 2.14 bits per heavy atom. The molecule has 1 fully saturated rings. The Labute approximate surface area is 129 Å². The van der Waals surface area contributed by atoms with E-state index in [0.29, 0.717) is 5.78 Å². The summed E-state index contributed by atoms with van der Waals surface area (Å²) in [6, 6.07) is 6.42. The van der Waals surface area contributed by atoms with Crippen LogP contribution < -0.4 is 0 Å². The monoisotopic (exact) mass is 300 g/mol. The van der Waals surface area contributed by atoms with Gasteiger partial charge in [0.05, 0.1) is 10.9 Å². The molecule has 1 unspecified atom stereocenters. The summed E-state index contributed by atoms with van der Waals surface area (Å²) in [5, 5.41) is 0.994. The second-order valence-electron chi connectivity index (χ2n) is 5.69. The van der Waals surface area contributed by atoms with Crippen molar-refractivity contribution in [2.24, 2.45) is 0 Å². The van der Waals surface area contributed by atoms with E-state index in [0.717, 1.165) is 36.5 Å². The number of thioether (sulfide) groups is 1. The molecule has 110 valence electrons. The quantitative estimate of drug-likeness (QED) is 0.856. The standard InChI is InChI=1S/C17H20N2OS/c1-12-7-8-13(2)14(11-12)19-10-9-18-17(19)21-16-6-4-3-5-15(16)20/h7-11,16H,3-6H2,1-2H3. The summed E-state index contributed by atoms with van der Waals surface area (Å²) in [4.78, 5) is 16.5. The molecule has 1 atom stereocenters. The van der Waals surface area contributed by atoms with Gasteiger partial charge >= 0.3 is 0 Å². The molecule has 0 spiro atoms. The first-order valence-corrected chi connectivity index (χ1v) is 8.33. The summed E-state index contributed by atoms with van der Waals surface area (Å²) in [5.41, 5.74) is 3.60. The highest BCUT2D eigenvalue weighted by Crippen LogP contribution is 2.32. The molecule has 21 heavy (non-hydrogen) atoms. The van der Waals surface area contributed by atoms with E-state index in [4.69, 9.17) is 0 Å². The number of carbonyl (C=O) groups is 1. The summed E-state index contributed by atoms with van der Waals surface area (Å²) in [6.07, 6.45) is 7.69. The lowest BCUT2D eigenvalue weighted by Gasteiger charge is -2.20. The second kappa shape index (κ2) is 6.06. The number of imidazole rings is 1. The highest BCUT2D eigenvalue weighted by atomic mass is 32.2. The van der Waals surface area contributed by atoms with E-state index >= 15 is 0 Å². The van der Waals surface area contributed by atoms with Crippen LogP contribution in [0.25, 0.3) is 5.69 Å². The molecule has 0 amide bonds. The highest BCUT2D eigenvalue weighted by Gasteiger charge is 2.25. The van der Waals surface area contributed by atoms with Gasteiger partial charge in [-0.2, -0.15) is 0 Å². The highest BCUT2D eigenvalue weighted by molar-refractivity contribution is 8.00. The zero-order valence-corrected chi connectivity index (χ0v) is 13.3. The maximum atomic E-state index is 12.0. The maximum absolute atomic E-state index is 12.0. The lowest BCUT2D eigenvalue weighted by molar-refractivity contribution is -0.119. The van der Waals surface area contributed by atoms with Crippen LogP contribution in [0.15, 0.2) is 35.7 Å². The van der Waals surface area contributed by atoms with E-state index in [2.05, 4.69) is 41.6 Å². The van der Waals surface area contributed by atoms with Gasteiger partial charge in [-0.05, 0) is 43.9 Å². The van der Waals surface area contributed by atoms with Crippen LogP contribution in [0, 0.1) is 13.8 Å². The summed E-state index contributed by atoms with van der Waals surface area (Å²) in [6.45, 7) is 4.20. The molecule has 0 saturated heterocycles. The molecule has 3 nitrogen and oxygen atoms in total. The van der Waals surface area contributed by atoms with Crippen LogP contribution >= 0.6 is 11.8 Å². The third-order valence-electron chi connectivity index (χ3n) is 3.98. The first kappa shape index (κ1) is 14.4. The van der Waals surface area contributed by atoms with Crippen molar-refractivity contribution >= 4 is 17.5 Å². The summed E-state index contributed by atoms with van der Waals surface area (Å²) in [5.74, 6) is 0.377. The third-order valence-corrected chi connectivity index (χ3v) is 5.27. The predicted octanol–water partition coefficient (Wildman–Crippen LogP) is 4.09. The topological polar surface area (TPSA) is 34.9 Å². The van der Waals surface area contributed by atoms with Gasteiger partial charge < -0.3 is 0 Å². The summed E-state index contributed by atoms with van der Waals surface area (Å²) in [7, 11) is 0. The Hall–Kier alpha value is -1.55. The van der Waals surface area contributed by atoms with Gasteiger partial charge in [0.15, 0.2) is 5.16 Å². The number of hydrogen-bond acceptors (Lipinski definition) is 3. The fourth-order valence-electron chi connectivity index (χ4n) is 2.74. The average Bonchev–Trinajstić information content (AvgIpc) is 2.92. The zero-order chi connectivity index (χ0) is 14.8. The smallest absolute Gasteiger partial charge is 0.173 e. The van der Waals surface area contributed by atoms with E-state index in [9.17, 15) is 4.79 Å². The number of carbonyl (C=O) groups excluding carboxylic acids is 1. The molecule has 3 rings (SSSR count). The van der Waals surface area contributed by atoms with Crippen LogP contribution in [-0.4, -0.2) is 20.6 Å². The van der Waals surface area contributed by atoms with Crippen LogP contribution in [0.1, 0.15) is 36.8 Å². The molecular weight excluding hydrogens is 280 g/mol. The molecule has 1 aliphatic rings. The summed E-state index contributed by atoms with van der Waals surface area (Å²) >= 11 is 1.62. The van der Waals surface area contributed by atoms with Crippen molar-refractivity contribution in [2.45, 2.75) is 49.9 Å². The first-order valence-electron chi connectivity index (χ1n) is 7.45. The van der Waals surface area contributed by atoms with E-state index in [1.54, 1.807) is 11.8 Å². The molecule has 1 aliphatic carbocycles. The SMILES string of the molecule is Cc1ccc(C)c(-n2ccnc2SC2CCCCC2=O)c1. The van der Waals surface area contributed by atoms with Gasteiger partial charge in [0.1, 0.15) is 5.78 Å². The van der Waals surface area contributed by atoms with E-state index in [-0.39, 0.29) is 5.25 Å². The fourth-order valence-corrected chi connectivity index (χ4v) is 3.92. The lowest BCUT2D eigenvalue weighted by atomic mass is 9.99. The molecule has 0 radical (unpaired) electrons. The number of benzene rings is 1. The Morgan fingerprint density at radius 3 is 2.95 bits per heavy atom. The summed E-state index contributed by atoms with van der Waals surface area (Å²) < 4.78 is 2.11. The first-order chi connectivity index (χ1) is 10.1. The van der Waals surface area contributed by atoms with Gasteiger partial charge in [-0.25, -0.2) is 4.98 Å². The minimum absolute atomic E-state index is 0.0741. The van der Waals surface area contributed by atoms with Crippen LogP contribution in [0.2, 0.25) is 0 Å². The number of Topliss-reactive ketones (excluding diaryl/α,β-unsaturated/α-hetero) is 1. The number of ketones is 1. The Morgan fingerprint density at radius 1 is 1.29 bits per heavy atom. The minimum atomic E-state index is 0.0741. The van der Waals surface area contributed by atoms with Crippen molar-refractivity contribution in [1.82, 2.24) is 9.55 Å². The Bertz CT molecular complexity index is 663. The number of nitrogens with zero attached hydrogens (tertiary/aromatic N) is 2. The minimum Gasteiger partial charge on any atom is -0.298 e. The van der Waals surface area contributed by atoms with Crippen molar-refractivity contribution in [3.8, 4) is 5.69 Å². The van der Waals surface area contributed by atoms with Crippen molar-refractivity contribution in [1.29, 1.82) is 0 Å². The van der Waals surface area contributed by atoms with Gasteiger partial charge in [-0.1, -0.05) is 30.3 Å². The number of aromatic nitrogens is 2. The van der Waals surface area contributed by atoms with Crippen molar-refractivity contribution in [3.63, 3.8) is 0 Å². The van der Waals surface area contributed by atoms with E-state index in [1.807, 2.05) is 12.4 Å². The van der Waals surface area contributed by atoms with Crippen molar-refractivity contribution in [2.75, 3.05) is 0 Å². The molecule has 4 heteroatoms. The number of hydrogen-bond donors (Lipinski definition) is 0. The third kappa shape index (κ3) is 3.05. The molecule has 1 saturated carbocycles. The predicted molar refractivity (Wildman–Crippen MR) is 86.2 cm³/mol. The fraction of sp³-hybridized carbons (Fsp3) is 0.412. The molecule has 0 N–H and O–H groups in total. The van der Waals surface area contributed by atoms with Crippen LogP contribution in [0.3, 0.4) is 0 Å². The van der Waals surface area contributed by atoms with E-state index < -0.39 is 0 Å². The largest absolute Gasteiger partial charge is 0.298 e. The number of aryl methyl sites for hydroxylation is 2. The van der Waals surface area contributed by atoms with Crippen molar-refractivity contribution < 1.29 is 4.79 Å². The molecule has 0 bridgehead atoms. The average molecular weight is 300 g/mol. The van der Waals surface area contributed by atoms with Gasteiger partial charge in [0, 0.05) is 18.8 Å². The molecule has 0 aliphatic heterocycles. The van der Waals surface area contributed by atoms with E-state index in [1.165, 1.54) is 11.1 Å². The molecular formula is C17H20N2OS. The van der Waals surface area contributed by atoms with Crippen LogP contribution in [0.4, 0.5) is 0 Å². The number of rotatable bonds is 3. The molecule has 2 aromatic rings. The Balaban J connectivity index is 1.90. The zero-order valence-electron chi connectivity index (χ0n) is 12.5.